The van der Waals surface area contributed by atoms with Crippen LogP contribution >= 0.6 is 0 Å². The number of nitrogens with one attached hydrogen (secondary N) is 1. The third-order valence-electron chi connectivity index (χ3n) is 3.19. The number of rotatable bonds is 8. The van der Waals surface area contributed by atoms with Crippen LogP contribution in [0.15, 0.2) is 48.6 Å². The van der Waals surface area contributed by atoms with E-state index >= 15 is 0 Å². The van der Waals surface area contributed by atoms with Gasteiger partial charge in [-0.1, -0.05) is 27.0 Å². The van der Waals surface area contributed by atoms with E-state index in [9.17, 15) is 14.9 Å². The summed E-state index contributed by atoms with van der Waals surface area (Å²) in [6, 6.07) is 5.41. The Morgan fingerprint density at radius 3 is 2.17 bits per heavy atom. The Labute approximate surface area is 134 Å². The first-order valence-electron chi connectivity index (χ1n) is 7.12. The number of non-ortho nitro benzene ring substituents is 1. The van der Waals surface area contributed by atoms with Gasteiger partial charge in [-0.25, -0.2) is 10.3 Å². The molecule has 1 aromatic rings. The lowest BCUT2D eigenvalue weighted by atomic mass is 10.0. The molecular weight excluding hydrogens is 300 g/mol. The van der Waals surface area contributed by atoms with Crippen LogP contribution in [0.25, 0.3) is 0 Å². The maximum Gasteiger partial charge on any atom is 0.534 e. The van der Waals surface area contributed by atoms with Crippen LogP contribution in [-0.2, 0) is 9.57 Å². The average Bonchev–Trinajstić information content (AvgIpc) is 2.56. The van der Waals surface area contributed by atoms with Crippen molar-refractivity contribution in [2.75, 3.05) is 5.48 Å². The highest BCUT2D eigenvalue weighted by atomic mass is 16.8. The number of nitro groups is 1. The van der Waals surface area contributed by atoms with Crippen LogP contribution < -0.4 is 5.48 Å². The van der Waals surface area contributed by atoms with Crippen molar-refractivity contribution < 1.29 is 19.3 Å². The van der Waals surface area contributed by atoms with Crippen LogP contribution in [0.5, 0.6) is 0 Å². The molecule has 0 bridgehead atoms. The summed E-state index contributed by atoms with van der Waals surface area (Å²) in [7, 11) is 0. The molecule has 0 aliphatic heterocycles. The van der Waals surface area contributed by atoms with Crippen molar-refractivity contribution >= 4 is 17.5 Å². The third-order valence-corrected chi connectivity index (χ3v) is 3.19. The van der Waals surface area contributed by atoms with Crippen LogP contribution in [-0.4, -0.2) is 17.2 Å². The Balaban J connectivity index is 2.59. The molecule has 124 valence electrons. The maximum absolute atomic E-state index is 11.7. The minimum absolute atomic E-state index is 0.0586. The normalized spacial score (nSPS) is 10.0. The molecule has 0 aromatic heterocycles. The Morgan fingerprint density at radius 1 is 1.22 bits per heavy atom. The molecule has 1 aromatic carbocycles. The van der Waals surface area contributed by atoms with Gasteiger partial charge in [0.05, 0.1) is 10.6 Å². The Bertz CT molecular complexity index is 579. The van der Waals surface area contributed by atoms with Crippen LogP contribution in [0.3, 0.4) is 0 Å². The van der Waals surface area contributed by atoms with Gasteiger partial charge in [0, 0.05) is 12.1 Å². The smallest absolute Gasteiger partial charge is 0.420 e. The van der Waals surface area contributed by atoms with Gasteiger partial charge in [0.2, 0.25) is 0 Å². The van der Waals surface area contributed by atoms with E-state index in [4.69, 9.17) is 9.57 Å². The molecule has 7 nitrogen and oxygen atoms in total. The molecule has 23 heavy (non-hydrogen) atoms. The van der Waals surface area contributed by atoms with Crippen molar-refractivity contribution in [3.05, 3.63) is 58.7 Å². The van der Waals surface area contributed by atoms with Crippen LogP contribution in [0.4, 0.5) is 16.2 Å². The molecule has 0 unspecified atom stereocenters. The quantitative estimate of drug-likeness (QED) is 0.331. The Kier molecular flexibility index (Phi) is 6.79. The highest BCUT2D eigenvalue weighted by Crippen LogP contribution is 2.20. The molecule has 0 heterocycles. The zero-order valence-corrected chi connectivity index (χ0v) is 13.2. The molecule has 0 amide bonds. The Hall–Kier alpha value is -2.83. The number of carbonyl (C=O) groups is 1. The summed E-state index contributed by atoms with van der Waals surface area (Å²) in [5, 5.41) is 10.5. The van der Waals surface area contributed by atoms with E-state index in [2.05, 4.69) is 18.6 Å². The molecule has 7 heteroatoms. The van der Waals surface area contributed by atoms with E-state index in [1.165, 1.54) is 24.3 Å². The number of hydrogen-bond acceptors (Lipinski definition) is 6. The largest absolute Gasteiger partial charge is 0.534 e. The van der Waals surface area contributed by atoms with Gasteiger partial charge in [-0.15, -0.1) is 0 Å². The van der Waals surface area contributed by atoms with E-state index in [0.29, 0.717) is 18.5 Å². The summed E-state index contributed by atoms with van der Waals surface area (Å²) >= 11 is 0. The molecule has 0 saturated carbocycles. The highest BCUT2D eigenvalue weighted by Gasteiger charge is 2.20. The molecule has 0 aliphatic rings. The lowest BCUT2D eigenvalue weighted by molar-refractivity contribution is -0.384. The number of hydrogen-bond donors (Lipinski definition) is 1. The minimum atomic E-state index is -0.933. The van der Waals surface area contributed by atoms with Crippen molar-refractivity contribution in [3.63, 3.8) is 0 Å². The van der Waals surface area contributed by atoms with Crippen LogP contribution in [0.2, 0.25) is 0 Å². The summed E-state index contributed by atoms with van der Waals surface area (Å²) in [6.07, 6.45) is -0.242. The van der Waals surface area contributed by atoms with E-state index < -0.39 is 17.2 Å². The number of ether oxygens (including phenoxy) is 1. The topological polar surface area (TPSA) is 90.7 Å². The second-order valence-corrected chi connectivity index (χ2v) is 4.78. The fraction of sp³-hybridized carbons (Fsp3) is 0.312. The van der Waals surface area contributed by atoms with E-state index in [1.54, 1.807) is 0 Å². The van der Waals surface area contributed by atoms with Crippen molar-refractivity contribution in [3.8, 4) is 0 Å². The second-order valence-electron chi connectivity index (χ2n) is 4.78. The molecule has 0 fully saturated rings. The average molecular weight is 320 g/mol. The number of nitro benzene ring substituents is 1. The van der Waals surface area contributed by atoms with E-state index in [1.807, 2.05) is 13.8 Å². The summed E-state index contributed by atoms with van der Waals surface area (Å²) in [6.45, 7) is 11.5. The van der Waals surface area contributed by atoms with Crippen molar-refractivity contribution in [1.29, 1.82) is 0 Å². The van der Waals surface area contributed by atoms with Gasteiger partial charge in [-0.3, -0.25) is 10.1 Å². The summed E-state index contributed by atoms with van der Waals surface area (Å²) < 4.78 is 5.21. The summed E-state index contributed by atoms with van der Waals surface area (Å²) in [5.74, 6) is 0. The standard InChI is InChI=1S/C16H20N2O5/c1-5-11(3)15(12(4)6-2)22-16(19)23-17-13-7-9-14(10-8-13)18(20)21/h7-10,15,17H,3-6H2,1-2H3. The molecule has 1 N–H and O–H groups in total. The van der Waals surface area contributed by atoms with Gasteiger partial charge in [0.25, 0.3) is 5.69 Å². The number of anilines is 1. The van der Waals surface area contributed by atoms with Crippen LogP contribution in [0, 0.1) is 10.1 Å². The summed E-state index contributed by atoms with van der Waals surface area (Å²) in [4.78, 5) is 26.6. The Morgan fingerprint density at radius 2 is 1.74 bits per heavy atom. The lowest BCUT2D eigenvalue weighted by Gasteiger charge is -2.20. The van der Waals surface area contributed by atoms with Gasteiger partial charge in [-0.05, 0) is 36.1 Å². The van der Waals surface area contributed by atoms with Crippen molar-refractivity contribution in [2.24, 2.45) is 0 Å². The minimum Gasteiger partial charge on any atom is -0.420 e. The molecule has 0 aliphatic carbocycles. The lowest BCUT2D eigenvalue weighted by Crippen LogP contribution is -2.23. The number of benzene rings is 1. The van der Waals surface area contributed by atoms with Gasteiger partial charge >= 0.3 is 6.16 Å². The third kappa shape index (κ3) is 5.46. The first-order valence-corrected chi connectivity index (χ1v) is 7.12. The van der Waals surface area contributed by atoms with E-state index in [-0.39, 0.29) is 5.69 Å². The molecule has 0 atom stereocenters. The van der Waals surface area contributed by atoms with Crippen molar-refractivity contribution in [2.45, 2.75) is 32.8 Å². The van der Waals surface area contributed by atoms with Crippen molar-refractivity contribution in [1.82, 2.24) is 0 Å². The second kappa shape index (κ2) is 8.57. The molecule has 0 saturated heterocycles. The molecule has 1 rings (SSSR count). The van der Waals surface area contributed by atoms with Gasteiger partial charge in [0.15, 0.2) is 0 Å². The monoisotopic (exact) mass is 320 g/mol. The predicted octanol–water partition coefficient (Wildman–Crippen LogP) is 4.38. The summed E-state index contributed by atoms with van der Waals surface area (Å²) in [5.41, 5.74) is 4.15. The predicted molar refractivity (Wildman–Crippen MR) is 86.9 cm³/mol. The fourth-order valence-corrected chi connectivity index (χ4v) is 1.70. The molecule has 0 radical (unpaired) electrons. The number of carbonyl (C=O) groups excluding carboxylic acids is 1. The maximum atomic E-state index is 11.7. The van der Waals surface area contributed by atoms with Gasteiger partial charge in [-0.2, -0.15) is 0 Å². The number of nitrogens with zero attached hydrogens (tertiary/aromatic N) is 1. The SMILES string of the molecule is C=C(CC)C(OC(=O)ONc1ccc([N+](=O)[O-])cc1)C(=C)CC. The van der Waals surface area contributed by atoms with Gasteiger partial charge in [0.1, 0.15) is 6.10 Å². The fourth-order valence-electron chi connectivity index (χ4n) is 1.70. The molecule has 0 spiro atoms. The first-order chi connectivity index (χ1) is 10.9. The zero-order valence-electron chi connectivity index (χ0n) is 13.2. The first kappa shape index (κ1) is 18.2. The highest BCUT2D eigenvalue weighted by molar-refractivity contribution is 5.63. The zero-order chi connectivity index (χ0) is 17.4. The van der Waals surface area contributed by atoms with E-state index in [0.717, 1.165) is 11.1 Å². The molecular formula is C16H20N2O5. The van der Waals surface area contributed by atoms with Gasteiger partial charge < -0.3 is 9.57 Å². The van der Waals surface area contributed by atoms with Crippen LogP contribution in [0.1, 0.15) is 26.7 Å².